The van der Waals surface area contributed by atoms with Crippen LogP contribution >= 0.6 is 43.2 Å². The zero-order chi connectivity index (χ0) is 14.7. The van der Waals surface area contributed by atoms with Crippen molar-refractivity contribution in [1.29, 1.82) is 0 Å². The molecule has 0 bridgehead atoms. The zero-order valence-corrected chi connectivity index (χ0v) is 15.3. The Hall–Kier alpha value is -0.230. The van der Waals surface area contributed by atoms with E-state index in [1.807, 2.05) is 6.07 Å². The maximum atomic E-state index is 14.2. The molecule has 2 rings (SSSR count). The fraction of sp³-hybridized carbons (Fsp3) is 0.333. The van der Waals surface area contributed by atoms with Crippen LogP contribution in [-0.2, 0) is 0 Å². The van der Waals surface area contributed by atoms with Crippen LogP contribution in [-0.4, -0.2) is 6.54 Å². The van der Waals surface area contributed by atoms with Gasteiger partial charge >= 0.3 is 0 Å². The second kappa shape index (κ2) is 7.16. The van der Waals surface area contributed by atoms with Crippen molar-refractivity contribution >= 4 is 43.2 Å². The van der Waals surface area contributed by atoms with Crippen LogP contribution in [0.15, 0.2) is 33.2 Å². The highest BCUT2D eigenvalue weighted by molar-refractivity contribution is 9.10. The summed E-state index contributed by atoms with van der Waals surface area (Å²) < 4.78 is 16.1. The Balaban J connectivity index is 2.47. The molecule has 0 spiro atoms. The Labute approximate surface area is 139 Å². The van der Waals surface area contributed by atoms with Crippen LogP contribution in [0.2, 0.25) is 0 Å². The van der Waals surface area contributed by atoms with E-state index in [0.717, 1.165) is 26.8 Å². The zero-order valence-electron chi connectivity index (χ0n) is 11.3. The van der Waals surface area contributed by atoms with E-state index in [9.17, 15) is 4.39 Å². The van der Waals surface area contributed by atoms with Gasteiger partial charge in [-0.25, -0.2) is 4.39 Å². The van der Waals surface area contributed by atoms with Crippen molar-refractivity contribution in [2.24, 2.45) is 0 Å². The van der Waals surface area contributed by atoms with E-state index >= 15 is 0 Å². The van der Waals surface area contributed by atoms with E-state index in [1.54, 1.807) is 17.4 Å². The number of halogens is 3. The van der Waals surface area contributed by atoms with Gasteiger partial charge in [-0.15, -0.1) is 11.3 Å². The first-order valence-electron chi connectivity index (χ1n) is 6.47. The van der Waals surface area contributed by atoms with Gasteiger partial charge < -0.3 is 5.32 Å². The molecule has 1 N–H and O–H groups in total. The fourth-order valence-corrected chi connectivity index (χ4v) is 4.26. The fourth-order valence-electron chi connectivity index (χ4n) is 2.04. The number of benzene rings is 1. The van der Waals surface area contributed by atoms with E-state index in [1.165, 1.54) is 10.9 Å². The maximum absolute atomic E-state index is 14.2. The Morgan fingerprint density at radius 2 is 2.05 bits per heavy atom. The number of rotatable bonds is 5. The highest BCUT2D eigenvalue weighted by Crippen LogP contribution is 2.37. The van der Waals surface area contributed by atoms with Gasteiger partial charge in [0.1, 0.15) is 5.82 Å². The molecule has 0 fully saturated rings. The molecule has 108 valence electrons. The molecule has 1 unspecified atom stereocenters. The molecular weight excluding hydrogens is 405 g/mol. The summed E-state index contributed by atoms with van der Waals surface area (Å²) in [5.41, 5.74) is 0.676. The first-order chi connectivity index (χ1) is 9.54. The summed E-state index contributed by atoms with van der Waals surface area (Å²) >= 11 is 8.70. The number of aryl methyl sites for hydroxylation is 1. The van der Waals surface area contributed by atoms with E-state index in [-0.39, 0.29) is 11.9 Å². The molecule has 0 radical (unpaired) electrons. The topological polar surface area (TPSA) is 12.0 Å². The van der Waals surface area contributed by atoms with Crippen molar-refractivity contribution < 1.29 is 4.39 Å². The van der Waals surface area contributed by atoms with Crippen LogP contribution in [0.25, 0.3) is 0 Å². The van der Waals surface area contributed by atoms with E-state index in [2.05, 4.69) is 57.1 Å². The van der Waals surface area contributed by atoms with Gasteiger partial charge in [0.15, 0.2) is 0 Å². The molecule has 1 heterocycles. The lowest BCUT2D eigenvalue weighted by atomic mass is 10.0. The molecule has 0 aliphatic carbocycles. The summed E-state index contributed by atoms with van der Waals surface area (Å²) in [6.07, 6.45) is 1.01. The SMILES string of the molecule is CCCNC(c1cc(Br)c(C)s1)c1c(F)cccc1Br. The normalized spacial score (nSPS) is 12.7. The first kappa shape index (κ1) is 16.1. The largest absolute Gasteiger partial charge is 0.305 e. The minimum atomic E-state index is -0.185. The van der Waals surface area contributed by atoms with Crippen LogP contribution in [0.3, 0.4) is 0 Å². The molecule has 1 aromatic carbocycles. The number of thiophene rings is 1. The summed E-state index contributed by atoms with van der Waals surface area (Å²) in [5, 5.41) is 3.44. The van der Waals surface area contributed by atoms with Crippen LogP contribution in [0.4, 0.5) is 4.39 Å². The van der Waals surface area contributed by atoms with Gasteiger partial charge in [0.2, 0.25) is 0 Å². The molecule has 1 aromatic heterocycles. The Kier molecular flexibility index (Phi) is 5.78. The third kappa shape index (κ3) is 3.50. The minimum absolute atomic E-state index is 0.125. The summed E-state index contributed by atoms with van der Waals surface area (Å²) in [7, 11) is 0. The second-order valence-corrected chi connectivity index (χ2v) is 7.57. The number of hydrogen-bond donors (Lipinski definition) is 1. The van der Waals surface area contributed by atoms with Gasteiger partial charge in [0.05, 0.1) is 6.04 Å². The average molecular weight is 421 g/mol. The molecule has 0 aliphatic rings. The highest BCUT2D eigenvalue weighted by atomic mass is 79.9. The van der Waals surface area contributed by atoms with Gasteiger partial charge in [0.25, 0.3) is 0 Å². The van der Waals surface area contributed by atoms with Crippen molar-refractivity contribution in [1.82, 2.24) is 5.32 Å². The lowest BCUT2D eigenvalue weighted by molar-refractivity contribution is 0.549. The number of hydrogen-bond acceptors (Lipinski definition) is 2. The molecule has 5 heteroatoms. The van der Waals surface area contributed by atoms with Gasteiger partial charge in [0, 0.05) is 24.3 Å². The number of nitrogens with one attached hydrogen (secondary N) is 1. The molecule has 1 nitrogen and oxygen atoms in total. The monoisotopic (exact) mass is 419 g/mol. The van der Waals surface area contributed by atoms with Crippen LogP contribution in [0, 0.1) is 12.7 Å². The summed E-state index contributed by atoms with van der Waals surface area (Å²) in [6, 6.07) is 7.06. The van der Waals surface area contributed by atoms with E-state index < -0.39 is 0 Å². The lowest BCUT2D eigenvalue weighted by Crippen LogP contribution is -2.23. The Morgan fingerprint density at radius 3 is 2.60 bits per heavy atom. The van der Waals surface area contributed by atoms with E-state index in [0.29, 0.717) is 5.56 Å². The molecule has 2 aromatic rings. The van der Waals surface area contributed by atoms with Gasteiger partial charge in [-0.3, -0.25) is 0 Å². The van der Waals surface area contributed by atoms with Crippen LogP contribution in [0.1, 0.15) is 34.7 Å². The molecule has 0 amide bonds. The van der Waals surface area contributed by atoms with Gasteiger partial charge in [-0.2, -0.15) is 0 Å². The maximum Gasteiger partial charge on any atom is 0.129 e. The predicted octanol–water partition coefficient (Wildman–Crippen LogP) is 5.81. The van der Waals surface area contributed by atoms with Crippen LogP contribution < -0.4 is 5.32 Å². The third-order valence-electron chi connectivity index (χ3n) is 3.05. The van der Waals surface area contributed by atoms with E-state index in [4.69, 9.17) is 0 Å². The Morgan fingerprint density at radius 1 is 1.30 bits per heavy atom. The Bertz CT molecular complexity index is 558. The van der Waals surface area contributed by atoms with Crippen molar-refractivity contribution in [3.63, 3.8) is 0 Å². The molecule has 0 aliphatic heterocycles. The van der Waals surface area contributed by atoms with Crippen molar-refractivity contribution in [3.8, 4) is 0 Å². The summed E-state index contributed by atoms with van der Waals surface area (Å²) in [5.74, 6) is -0.185. The minimum Gasteiger partial charge on any atom is -0.305 e. The highest BCUT2D eigenvalue weighted by Gasteiger charge is 2.22. The molecule has 0 saturated carbocycles. The molecule has 0 saturated heterocycles. The molecule has 20 heavy (non-hydrogen) atoms. The summed E-state index contributed by atoms with van der Waals surface area (Å²) in [6.45, 7) is 5.02. The van der Waals surface area contributed by atoms with Crippen LogP contribution in [0.5, 0.6) is 0 Å². The molecular formula is C15H16Br2FNS. The van der Waals surface area contributed by atoms with Crippen molar-refractivity contribution in [2.45, 2.75) is 26.3 Å². The quantitative estimate of drug-likeness (QED) is 0.643. The first-order valence-corrected chi connectivity index (χ1v) is 8.88. The smallest absolute Gasteiger partial charge is 0.129 e. The second-order valence-electron chi connectivity index (χ2n) is 4.58. The average Bonchev–Trinajstić information content (AvgIpc) is 2.73. The predicted molar refractivity (Wildman–Crippen MR) is 91.0 cm³/mol. The lowest BCUT2D eigenvalue weighted by Gasteiger charge is -2.19. The van der Waals surface area contributed by atoms with Crippen molar-refractivity contribution in [2.75, 3.05) is 6.54 Å². The molecule has 1 atom stereocenters. The third-order valence-corrected chi connectivity index (χ3v) is 5.94. The standard InChI is InChI=1S/C15H16Br2FNS/c1-3-7-19-15(13-8-11(17)9(2)20-13)14-10(16)5-4-6-12(14)18/h4-6,8,15,19H,3,7H2,1-2H3. The van der Waals surface area contributed by atoms with Gasteiger partial charge in [-0.05, 0) is 54.0 Å². The van der Waals surface area contributed by atoms with Crippen molar-refractivity contribution in [3.05, 3.63) is 54.3 Å². The van der Waals surface area contributed by atoms with Gasteiger partial charge in [-0.1, -0.05) is 28.9 Å². The summed E-state index contributed by atoms with van der Waals surface area (Å²) in [4.78, 5) is 2.32.